The molecule has 1 aliphatic rings. The second-order valence-electron chi connectivity index (χ2n) is 3.87. The van der Waals surface area contributed by atoms with Crippen LogP contribution in [0.1, 0.15) is 5.56 Å². The lowest BCUT2D eigenvalue weighted by molar-refractivity contribution is -0.120. The largest absolute Gasteiger partial charge is 0.486 e. The highest BCUT2D eigenvalue weighted by atomic mass is 35.5. The van der Waals surface area contributed by atoms with Crippen molar-refractivity contribution in [1.82, 2.24) is 5.32 Å². The number of benzene rings is 1. The predicted molar refractivity (Wildman–Crippen MR) is 69.4 cm³/mol. The SMILES string of the molecule is C=CCNC(=O)Cc1cc(Cl)c2c(c1)OCCO2. The van der Waals surface area contributed by atoms with E-state index in [9.17, 15) is 4.79 Å². The van der Waals surface area contributed by atoms with Crippen LogP contribution in [0.25, 0.3) is 0 Å². The molecule has 1 aromatic rings. The first-order valence-electron chi connectivity index (χ1n) is 5.66. The Morgan fingerprint density at radius 3 is 3.00 bits per heavy atom. The molecule has 5 heteroatoms. The molecule has 2 rings (SSSR count). The Morgan fingerprint density at radius 1 is 1.44 bits per heavy atom. The Kier molecular flexibility index (Phi) is 4.10. The maximum atomic E-state index is 11.6. The maximum Gasteiger partial charge on any atom is 0.224 e. The van der Waals surface area contributed by atoms with Crippen molar-refractivity contribution < 1.29 is 14.3 Å². The first-order chi connectivity index (χ1) is 8.70. The summed E-state index contributed by atoms with van der Waals surface area (Å²) in [5.41, 5.74) is 0.797. The van der Waals surface area contributed by atoms with E-state index < -0.39 is 0 Å². The third-order valence-corrected chi connectivity index (χ3v) is 2.75. The van der Waals surface area contributed by atoms with Gasteiger partial charge in [-0.15, -0.1) is 6.58 Å². The lowest BCUT2D eigenvalue weighted by Gasteiger charge is -2.20. The van der Waals surface area contributed by atoms with Crippen LogP contribution in [0.15, 0.2) is 24.8 Å². The van der Waals surface area contributed by atoms with Gasteiger partial charge in [0.25, 0.3) is 0 Å². The van der Waals surface area contributed by atoms with Gasteiger partial charge in [0.05, 0.1) is 11.4 Å². The third kappa shape index (κ3) is 2.96. The molecule has 0 aliphatic carbocycles. The normalized spacial score (nSPS) is 12.9. The molecule has 0 aromatic heterocycles. The molecule has 1 amide bonds. The summed E-state index contributed by atoms with van der Waals surface area (Å²) in [4.78, 5) is 11.6. The van der Waals surface area contributed by atoms with E-state index in [4.69, 9.17) is 21.1 Å². The second kappa shape index (κ2) is 5.78. The molecule has 1 N–H and O–H groups in total. The van der Waals surface area contributed by atoms with Crippen molar-refractivity contribution in [3.05, 3.63) is 35.4 Å². The first kappa shape index (κ1) is 12.8. The topological polar surface area (TPSA) is 47.6 Å². The summed E-state index contributed by atoms with van der Waals surface area (Å²) >= 11 is 6.08. The van der Waals surface area contributed by atoms with Gasteiger partial charge >= 0.3 is 0 Å². The number of amides is 1. The summed E-state index contributed by atoms with van der Waals surface area (Å²) in [6.07, 6.45) is 1.89. The van der Waals surface area contributed by atoms with Crippen LogP contribution in [-0.2, 0) is 11.2 Å². The zero-order valence-corrected chi connectivity index (χ0v) is 10.6. The van der Waals surface area contributed by atoms with Crippen molar-refractivity contribution in [2.45, 2.75) is 6.42 Å². The van der Waals surface area contributed by atoms with Crippen molar-refractivity contribution >= 4 is 17.5 Å². The standard InChI is InChI=1S/C13H14ClNO3/c1-2-3-15-12(16)8-9-6-10(14)13-11(7-9)17-4-5-18-13/h2,6-7H,1,3-5,8H2,(H,15,16). The molecule has 1 aromatic carbocycles. The quantitative estimate of drug-likeness (QED) is 0.849. The Balaban J connectivity index is 2.12. The zero-order chi connectivity index (χ0) is 13.0. The minimum absolute atomic E-state index is 0.0809. The number of hydrogen-bond donors (Lipinski definition) is 1. The van der Waals surface area contributed by atoms with Crippen LogP contribution in [0.5, 0.6) is 11.5 Å². The minimum atomic E-state index is -0.0809. The molecule has 0 bridgehead atoms. The Labute approximate surface area is 111 Å². The van der Waals surface area contributed by atoms with Gasteiger partial charge in [-0.1, -0.05) is 17.7 Å². The van der Waals surface area contributed by atoms with Crippen molar-refractivity contribution in [2.24, 2.45) is 0 Å². The fourth-order valence-electron chi connectivity index (χ4n) is 1.70. The van der Waals surface area contributed by atoms with Crippen LogP contribution < -0.4 is 14.8 Å². The molecule has 0 unspecified atom stereocenters. The van der Waals surface area contributed by atoms with Crippen molar-refractivity contribution in [3.63, 3.8) is 0 Å². The number of hydrogen-bond acceptors (Lipinski definition) is 3. The number of rotatable bonds is 4. The van der Waals surface area contributed by atoms with Crippen LogP contribution in [0.2, 0.25) is 5.02 Å². The van der Waals surface area contributed by atoms with E-state index in [0.717, 1.165) is 5.56 Å². The van der Waals surface area contributed by atoms with Gasteiger partial charge in [-0.05, 0) is 17.7 Å². The highest BCUT2D eigenvalue weighted by Gasteiger charge is 2.17. The zero-order valence-electron chi connectivity index (χ0n) is 9.87. The summed E-state index contributed by atoms with van der Waals surface area (Å²) in [5.74, 6) is 1.07. The van der Waals surface area contributed by atoms with Crippen LogP contribution in [0.4, 0.5) is 0 Å². The molecular formula is C13H14ClNO3. The number of halogens is 1. The molecular weight excluding hydrogens is 254 g/mol. The summed E-state index contributed by atoms with van der Waals surface area (Å²) in [6.45, 7) is 4.98. The monoisotopic (exact) mass is 267 g/mol. The molecule has 1 aliphatic heterocycles. The molecule has 18 heavy (non-hydrogen) atoms. The average molecular weight is 268 g/mol. The summed E-state index contributed by atoms with van der Waals surface area (Å²) in [5, 5.41) is 3.18. The minimum Gasteiger partial charge on any atom is -0.486 e. The highest BCUT2D eigenvalue weighted by molar-refractivity contribution is 6.32. The van der Waals surface area contributed by atoms with E-state index in [2.05, 4.69) is 11.9 Å². The van der Waals surface area contributed by atoms with Crippen LogP contribution in [0.3, 0.4) is 0 Å². The molecule has 4 nitrogen and oxygen atoms in total. The van der Waals surface area contributed by atoms with Crippen molar-refractivity contribution in [1.29, 1.82) is 0 Å². The summed E-state index contributed by atoms with van der Waals surface area (Å²) in [6, 6.07) is 3.51. The fourth-order valence-corrected chi connectivity index (χ4v) is 1.99. The molecule has 0 atom stereocenters. The molecule has 96 valence electrons. The lowest BCUT2D eigenvalue weighted by atomic mass is 10.1. The smallest absolute Gasteiger partial charge is 0.224 e. The van der Waals surface area contributed by atoms with E-state index >= 15 is 0 Å². The van der Waals surface area contributed by atoms with Gasteiger partial charge < -0.3 is 14.8 Å². The van der Waals surface area contributed by atoms with Gasteiger partial charge in [-0.25, -0.2) is 0 Å². The lowest BCUT2D eigenvalue weighted by Crippen LogP contribution is -2.25. The van der Waals surface area contributed by atoms with Crippen LogP contribution in [-0.4, -0.2) is 25.7 Å². The Morgan fingerprint density at radius 2 is 2.22 bits per heavy atom. The third-order valence-electron chi connectivity index (χ3n) is 2.46. The van der Waals surface area contributed by atoms with Gasteiger partial charge in [0, 0.05) is 6.54 Å². The molecule has 1 heterocycles. The van der Waals surface area contributed by atoms with E-state index in [1.807, 2.05) is 0 Å². The van der Waals surface area contributed by atoms with Crippen LogP contribution >= 0.6 is 11.6 Å². The molecule has 0 spiro atoms. The second-order valence-corrected chi connectivity index (χ2v) is 4.28. The first-order valence-corrected chi connectivity index (χ1v) is 6.04. The summed E-state index contributed by atoms with van der Waals surface area (Å²) < 4.78 is 10.9. The van der Waals surface area contributed by atoms with Gasteiger partial charge in [-0.2, -0.15) is 0 Å². The molecule has 0 radical (unpaired) electrons. The predicted octanol–water partition coefficient (Wildman–Crippen LogP) is 1.96. The number of carbonyl (C=O) groups excluding carboxylic acids is 1. The molecule has 0 fully saturated rings. The van der Waals surface area contributed by atoms with Crippen LogP contribution in [0, 0.1) is 0 Å². The number of nitrogens with one attached hydrogen (secondary N) is 1. The van der Waals surface area contributed by atoms with E-state index in [-0.39, 0.29) is 12.3 Å². The van der Waals surface area contributed by atoms with Crippen molar-refractivity contribution in [2.75, 3.05) is 19.8 Å². The number of ether oxygens (including phenoxy) is 2. The van der Waals surface area contributed by atoms with Gasteiger partial charge in [0.2, 0.25) is 5.91 Å². The average Bonchev–Trinajstić information content (AvgIpc) is 2.36. The van der Waals surface area contributed by atoms with Crippen molar-refractivity contribution in [3.8, 4) is 11.5 Å². The Hall–Kier alpha value is -1.68. The van der Waals surface area contributed by atoms with E-state index in [1.54, 1.807) is 18.2 Å². The van der Waals surface area contributed by atoms with E-state index in [1.165, 1.54) is 0 Å². The number of fused-ring (bicyclic) bond motifs is 1. The Bertz CT molecular complexity index is 474. The van der Waals surface area contributed by atoms with E-state index in [0.29, 0.717) is 36.3 Å². The number of carbonyl (C=O) groups is 1. The van der Waals surface area contributed by atoms with Gasteiger partial charge in [0.1, 0.15) is 13.2 Å². The molecule has 0 saturated heterocycles. The van der Waals surface area contributed by atoms with Gasteiger partial charge in [0.15, 0.2) is 11.5 Å². The summed E-state index contributed by atoms with van der Waals surface area (Å²) in [7, 11) is 0. The molecule has 0 saturated carbocycles. The highest BCUT2D eigenvalue weighted by Crippen LogP contribution is 2.38. The fraction of sp³-hybridized carbons (Fsp3) is 0.308. The van der Waals surface area contributed by atoms with Gasteiger partial charge in [-0.3, -0.25) is 4.79 Å². The maximum absolute atomic E-state index is 11.6.